The predicted octanol–water partition coefficient (Wildman–Crippen LogP) is 2.24. The number of hydrogen-bond acceptors (Lipinski definition) is 4. The molecule has 6 nitrogen and oxygen atoms in total. The van der Waals surface area contributed by atoms with E-state index >= 15 is 0 Å². The van der Waals surface area contributed by atoms with E-state index in [4.69, 9.17) is 4.74 Å². The second-order valence-electron chi connectivity index (χ2n) is 4.30. The van der Waals surface area contributed by atoms with Crippen LogP contribution in [-0.4, -0.2) is 24.0 Å². The van der Waals surface area contributed by atoms with Crippen LogP contribution in [-0.2, 0) is 0 Å². The Morgan fingerprint density at radius 1 is 1.09 bits per heavy atom. The minimum Gasteiger partial charge on any atom is -0.508 e. The van der Waals surface area contributed by atoms with Crippen LogP contribution in [0.15, 0.2) is 46.9 Å². The molecule has 0 atom stereocenters. The molecule has 2 rings (SSSR count). The van der Waals surface area contributed by atoms with Crippen LogP contribution >= 0.6 is 15.9 Å². The first kappa shape index (κ1) is 15.8. The zero-order valence-corrected chi connectivity index (χ0v) is 13.2. The van der Waals surface area contributed by atoms with Gasteiger partial charge in [-0.25, -0.2) is 0 Å². The molecule has 0 aliphatic heterocycles. The number of hydrazine groups is 1. The maximum atomic E-state index is 12.1. The van der Waals surface area contributed by atoms with E-state index in [0.29, 0.717) is 15.8 Å². The zero-order valence-electron chi connectivity index (χ0n) is 11.6. The lowest BCUT2D eigenvalue weighted by Crippen LogP contribution is -2.41. The van der Waals surface area contributed by atoms with Gasteiger partial charge < -0.3 is 9.84 Å². The van der Waals surface area contributed by atoms with Gasteiger partial charge in [0.1, 0.15) is 11.5 Å². The third kappa shape index (κ3) is 3.76. The number of rotatable bonds is 3. The number of phenolic OH excluding ortho intramolecular Hbond substituents is 1. The first-order chi connectivity index (χ1) is 10.5. The highest BCUT2D eigenvalue weighted by Crippen LogP contribution is 2.22. The van der Waals surface area contributed by atoms with Gasteiger partial charge in [0.15, 0.2) is 0 Å². The Bertz CT molecular complexity index is 718. The number of aromatic hydroxyl groups is 1. The highest BCUT2D eigenvalue weighted by atomic mass is 79.9. The van der Waals surface area contributed by atoms with E-state index in [9.17, 15) is 14.7 Å². The summed E-state index contributed by atoms with van der Waals surface area (Å²) in [6.07, 6.45) is 0. The molecule has 0 saturated heterocycles. The van der Waals surface area contributed by atoms with Gasteiger partial charge in [-0.3, -0.25) is 20.4 Å². The quantitative estimate of drug-likeness (QED) is 0.728. The van der Waals surface area contributed by atoms with E-state index in [1.54, 1.807) is 18.2 Å². The summed E-state index contributed by atoms with van der Waals surface area (Å²) in [4.78, 5) is 23.9. The van der Waals surface area contributed by atoms with Gasteiger partial charge in [0.2, 0.25) is 0 Å². The summed E-state index contributed by atoms with van der Waals surface area (Å²) in [5.74, 6) is -0.551. The van der Waals surface area contributed by atoms with E-state index in [0.717, 1.165) is 0 Å². The maximum absolute atomic E-state index is 12.1. The van der Waals surface area contributed by atoms with E-state index in [1.165, 1.54) is 31.4 Å². The topological polar surface area (TPSA) is 87.7 Å². The second-order valence-corrected chi connectivity index (χ2v) is 5.16. The fourth-order valence-electron chi connectivity index (χ4n) is 1.71. The SMILES string of the molecule is COc1ccc(Br)c(C(=O)NNC(=O)c2cccc(O)c2)c1. The van der Waals surface area contributed by atoms with Crippen molar-refractivity contribution in [3.8, 4) is 11.5 Å². The minimum atomic E-state index is -0.539. The molecule has 0 aromatic heterocycles. The molecule has 0 spiro atoms. The van der Waals surface area contributed by atoms with Crippen LogP contribution in [0, 0.1) is 0 Å². The number of carbonyl (C=O) groups excluding carboxylic acids is 2. The van der Waals surface area contributed by atoms with E-state index in [2.05, 4.69) is 26.8 Å². The molecular weight excluding hydrogens is 352 g/mol. The lowest BCUT2D eigenvalue weighted by molar-refractivity contribution is 0.0846. The van der Waals surface area contributed by atoms with Crippen molar-refractivity contribution in [1.82, 2.24) is 10.9 Å². The van der Waals surface area contributed by atoms with Gasteiger partial charge in [0.05, 0.1) is 12.7 Å². The number of methoxy groups -OCH3 is 1. The van der Waals surface area contributed by atoms with E-state index < -0.39 is 11.8 Å². The van der Waals surface area contributed by atoms with Gasteiger partial charge in [-0.05, 0) is 52.3 Å². The van der Waals surface area contributed by atoms with Gasteiger partial charge in [0.25, 0.3) is 11.8 Å². The smallest absolute Gasteiger partial charge is 0.270 e. The normalized spacial score (nSPS) is 9.91. The monoisotopic (exact) mass is 364 g/mol. The van der Waals surface area contributed by atoms with Gasteiger partial charge in [-0.2, -0.15) is 0 Å². The lowest BCUT2D eigenvalue weighted by Gasteiger charge is -2.10. The average Bonchev–Trinajstić information content (AvgIpc) is 2.52. The number of phenols is 1. The molecule has 2 aromatic carbocycles. The van der Waals surface area contributed by atoms with Crippen LogP contribution < -0.4 is 15.6 Å². The summed E-state index contributed by atoms with van der Waals surface area (Å²) in [6, 6.07) is 10.7. The van der Waals surface area contributed by atoms with Gasteiger partial charge in [-0.15, -0.1) is 0 Å². The molecule has 0 aliphatic rings. The van der Waals surface area contributed by atoms with Gasteiger partial charge in [0, 0.05) is 10.0 Å². The van der Waals surface area contributed by atoms with E-state index in [1.807, 2.05) is 0 Å². The first-order valence-corrected chi connectivity index (χ1v) is 7.04. The Balaban J connectivity index is 2.05. The van der Waals surface area contributed by atoms with Crippen LogP contribution in [0.4, 0.5) is 0 Å². The molecule has 114 valence electrons. The summed E-state index contributed by atoms with van der Waals surface area (Å²) >= 11 is 3.26. The number of nitrogens with one attached hydrogen (secondary N) is 2. The molecule has 0 heterocycles. The van der Waals surface area contributed by atoms with Gasteiger partial charge in [-0.1, -0.05) is 6.07 Å². The zero-order chi connectivity index (χ0) is 16.1. The van der Waals surface area contributed by atoms with Crippen LogP contribution in [0.3, 0.4) is 0 Å². The summed E-state index contributed by atoms with van der Waals surface area (Å²) in [7, 11) is 1.49. The summed E-state index contributed by atoms with van der Waals surface area (Å²) in [5, 5.41) is 9.32. The van der Waals surface area contributed by atoms with Crippen molar-refractivity contribution in [3.63, 3.8) is 0 Å². The third-order valence-corrected chi connectivity index (χ3v) is 3.51. The van der Waals surface area contributed by atoms with Gasteiger partial charge >= 0.3 is 0 Å². The van der Waals surface area contributed by atoms with Crippen molar-refractivity contribution in [3.05, 3.63) is 58.1 Å². The van der Waals surface area contributed by atoms with Crippen molar-refractivity contribution >= 4 is 27.7 Å². The molecule has 0 aliphatic carbocycles. The molecule has 0 radical (unpaired) electrons. The Morgan fingerprint density at radius 3 is 2.50 bits per heavy atom. The van der Waals surface area contributed by atoms with Crippen molar-refractivity contribution < 1.29 is 19.4 Å². The van der Waals surface area contributed by atoms with Crippen LogP contribution in [0.5, 0.6) is 11.5 Å². The molecular formula is C15H13BrN2O4. The van der Waals surface area contributed by atoms with Crippen LogP contribution in [0.25, 0.3) is 0 Å². The highest BCUT2D eigenvalue weighted by Gasteiger charge is 2.13. The molecule has 0 bridgehead atoms. The molecule has 0 saturated carbocycles. The van der Waals surface area contributed by atoms with Crippen molar-refractivity contribution in [2.45, 2.75) is 0 Å². The fraction of sp³-hybridized carbons (Fsp3) is 0.0667. The number of hydrogen-bond donors (Lipinski definition) is 3. The molecule has 22 heavy (non-hydrogen) atoms. The average molecular weight is 365 g/mol. The molecule has 0 fully saturated rings. The molecule has 2 amide bonds. The Morgan fingerprint density at radius 2 is 1.82 bits per heavy atom. The number of halogens is 1. The molecule has 3 N–H and O–H groups in total. The third-order valence-electron chi connectivity index (χ3n) is 2.82. The van der Waals surface area contributed by atoms with Crippen molar-refractivity contribution in [1.29, 1.82) is 0 Å². The van der Waals surface area contributed by atoms with E-state index in [-0.39, 0.29) is 11.3 Å². The summed E-state index contributed by atoms with van der Waals surface area (Å²) in [5.41, 5.74) is 5.12. The van der Waals surface area contributed by atoms with Crippen molar-refractivity contribution in [2.75, 3.05) is 7.11 Å². The fourth-order valence-corrected chi connectivity index (χ4v) is 2.13. The minimum absolute atomic E-state index is 0.0329. The number of amides is 2. The molecule has 2 aromatic rings. The lowest BCUT2D eigenvalue weighted by atomic mass is 10.2. The standard InChI is InChI=1S/C15H13BrN2O4/c1-22-11-5-6-13(16)12(8-11)15(21)18-17-14(20)9-3-2-4-10(19)7-9/h2-8,19H,1H3,(H,17,20)(H,18,21). The Hall–Kier alpha value is -2.54. The van der Waals surface area contributed by atoms with Crippen LogP contribution in [0.2, 0.25) is 0 Å². The van der Waals surface area contributed by atoms with Crippen LogP contribution in [0.1, 0.15) is 20.7 Å². The Kier molecular flexibility index (Phi) is 5.00. The van der Waals surface area contributed by atoms with Crippen molar-refractivity contribution in [2.24, 2.45) is 0 Å². The largest absolute Gasteiger partial charge is 0.508 e. The second kappa shape index (κ2) is 6.95. The first-order valence-electron chi connectivity index (χ1n) is 6.24. The summed E-state index contributed by atoms with van der Waals surface area (Å²) in [6.45, 7) is 0. The Labute approximate surface area is 135 Å². The number of carbonyl (C=O) groups is 2. The molecule has 0 unspecified atom stereocenters. The number of ether oxygens (including phenoxy) is 1. The molecule has 7 heteroatoms. The predicted molar refractivity (Wildman–Crippen MR) is 83.7 cm³/mol. The number of benzene rings is 2. The maximum Gasteiger partial charge on any atom is 0.270 e. The highest BCUT2D eigenvalue weighted by molar-refractivity contribution is 9.10. The summed E-state index contributed by atoms with van der Waals surface area (Å²) < 4.78 is 5.62.